The monoisotopic (exact) mass is 575 g/mol. The zero-order valence-electron chi connectivity index (χ0n) is 24.6. The molecule has 8 rings (SSSR count). The molecule has 8 aromatic rings. The SMILES string of the molecule is N=C(c1ccccc1)c1cccc2oc3ccc(-c4ccc(-c5cccc(-c6ccccc6)c5)cc4-c4ccccc4)cc3c12. The van der Waals surface area contributed by atoms with Crippen LogP contribution in [0.2, 0.25) is 0 Å². The number of furan rings is 1. The van der Waals surface area contributed by atoms with E-state index in [4.69, 9.17) is 9.83 Å². The van der Waals surface area contributed by atoms with Gasteiger partial charge in [-0.05, 0) is 74.8 Å². The maximum atomic E-state index is 9.06. The third-order valence-electron chi connectivity index (χ3n) is 8.55. The predicted octanol–water partition coefficient (Wildman–Crippen LogP) is 11.7. The summed E-state index contributed by atoms with van der Waals surface area (Å²) >= 11 is 0. The van der Waals surface area contributed by atoms with Gasteiger partial charge in [-0.3, -0.25) is 5.41 Å². The van der Waals surface area contributed by atoms with Crippen molar-refractivity contribution in [3.63, 3.8) is 0 Å². The van der Waals surface area contributed by atoms with E-state index in [9.17, 15) is 0 Å². The summed E-state index contributed by atoms with van der Waals surface area (Å²) in [6.45, 7) is 0. The van der Waals surface area contributed by atoms with Crippen LogP contribution in [0.4, 0.5) is 0 Å². The Morgan fingerprint density at radius 2 is 1.00 bits per heavy atom. The van der Waals surface area contributed by atoms with E-state index in [-0.39, 0.29) is 0 Å². The van der Waals surface area contributed by atoms with Crippen molar-refractivity contribution in [2.24, 2.45) is 0 Å². The van der Waals surface area contributed by atoms with Crippen molar-refractivity contribution in [1.29, 1.82) is 5.41 Å². The molecular weight excluding hydrogens is 546 g/mol. The summed E-state index contributed by atoms with van der Waals surface area (Å²) in [6.07, 6.45) is 0. The minimum absolute atomic E-state index is 0.487. The van der Waals surface area contributed by atoms with E-state index in [0.717, 1.165) is 49.8 Å². The average Bonchev–Trinajstić information content (AvgIpc) is 3.50. The first kappa shape index (κ1) is 26.6. The summed E-state index contributed by atoms with van der Waals surface area (Å²) in [6, 6.07) is 58.9. The molecule has 0 radical (unpaired) electrons. The van der Waals surface area contributed by atoms with Crippen molar-refractivity contribution in [3.8, 4) is 44.5 Å². The molecule has 2 nitrogen and oxygen atoms in total. The van der Waals surface area contributed by atoms with Crippen LogP contribution in [0.15, 0.2) is 174 Å². The van der Waals surface area contributed by atoms with Crippen LogP contribution in [0.3, 0.4) is 0 Å². The lowest BCUT2D eigenvalue weighted by molar-refractivity contribution is 0.669. The minimum Gasteiger partial charge on any atom is -0.456 e. The summed E-state index contributed by atoms with van der Waals surface area (Å²) in [7, 11) is 0. The number of benzene rings is 7. The zero-order valence-corrected chi connectivity index (χ0v) is 24.6. The van der Waals surface area contributed by atoms with Crippen LogP contribution in [0.1, 0.15) is 11.1 Å². The summed E-state index contributed by atoms with van der Waals surface area (Å²) in [5.41, 5.74) is 13.2. The summed E-state index contributed by atoms with van der Waals surface area (Å²) in [5, 5.41) is 11.0. The molecule has 0 amide bonds. The van der Waals surface area contributed by atoms with Gasteiger partial charge in [0, 0.05) is 21.9 Å². The fourth-order valence-electron chi connectivity index (χ4n) is 6.30. The highest BCUT2D eigenvalue weighted by molar-refractivity contribution is 6.23. The molecule has 45 heavy (non-hydrogen) atoms. The van der Waals surface area contributed by atoms with Gasteiger partial charge in [0.05, 0.1) is 5.71 Å². The number of hydrogen-bond donors (Lipinski definition) is 1. The van der Waals surface area contributed by atoms with Gasteiger partial charge >= 0.3 is 0 Å². The first-order chi connectivity index (χ1) is 22.2. The lowest BCUT2D eigenvalue weighted by atomic mass is 9.89. The molecule has 1 aromatic heterocycles. The van der Waals surface area contributed by atoms with Crippen LogP contribution in [-0.2, 0) is 0 Å². The smallest absolute Gasteiger partial charge is 0.136 e. The van der Waals surface area contributed by atoms with Crippen LogP contribution < -0.4 is 0 Å². The van der Waals surface area contributed by atoms with Gasteiger partial charge in [-0.2, -0.15) is 0 Å². The molecule has 0 unspecified atom stereocenters. The highest BCUT2D eigenvalue weighted by atomic mass is 16.3. The van der Waals surface area contributed by atoms with Gasteiger partial charge in [0.2, 0.25) is 0 Å². The Balaban J connectivity index is 1.28. The maximum Gasteiger partial charge on any atom is 0.136 e. The quantitative estimate of drug-likeness (QED) is 0.197. The van der Waals surface area contributed by atoms with E-state index in [2.05, 4.69) is 121 Å². The molecule has 7 aromatic carbocycles. The maximum absolute atomic E-state index is 9.06. The van der Waals surface area contributed by atoms with Crippen molar-refractivity contribution >= 4 is 27.7 Å². The minimum atomic E-state index is 0.487. The standard InChI is InChI=1S/C43H29NO/c44-43(31-16-8-3-9-17-31)37-20-11-21-41-42(37)39-28-35(23-25-40(39)45-41)36-24-22-34(27-38(36)30-14-6-2-7-15-30)33-19-10-18-32(26-33)29-12-4-1-5-13-29/h1-28,44H. The van der Waals surface area contributed by atoms with Gasteiger partial charge in [-0.15, -0.1) is 0 Å². The van der Waals surface area contributed by atoms with E-state index in [1.54, 1.807) is 0 Å². The molecule has 2 heteroatoms. The Morgan fingerprint density at radius 3 is 1.76 bits per heavy atom. The van der Waals surface area contributed by atoms with Crippen molar-refractivity contribution < 1.29 is 4.42 Å². The molecular formula is C43H29NO. The largest absolute Gasteiger partial charge is 0.456 e. The number of fused-ring (bicyclic) bond motifs is 3. The molecule has 212 valence electrons. The van der Waals surface area contributed by atoms with Crippen molar-refractivity contribution in [2.45, 2.75) is 0 Å². The molecule has 0 atom stereocenters. The molecule has 0 aliphatic rings. The normalized spacial score (nSPS) is 11.2. The van der Waals surface area contributed by atoms with E-state index in [1.165, 1.54) is 27.8 Å². The first-order valence-electron chi connectivity index (χ1n) is 15.2. The average molecular weight is 576 g/mol. The van der Waals surface area contributed by atoms with Crippen LogP contribution in [0.25, 0.3) is 66.4 Å². The topological polar surface area (TPSA) is 37.0 Å². The molecule has 0 bridgehead atoms. The van der Waals surface area contributed by atoms with Gasteiger partial charge in [-0.25, -0.2) is 0 Å². The van der Waals surface area contributed by atoms with Gasteiger partial charge in [-0.1, -0.05) is 140 Å². The summed E-state index contributed by atoms with van der Waals surface area (Å²) in [5.74, 6) is 0. The Morgan fingerprint density at radius 1 is 0.400 bits per heavy atom. The third kappa shape index (κ3) is 4.93. The summed E-state index contributed by atoms with van der Waals surface area (Å²) in [4.78, 5) is 0. The summed E-state index contributed by atoms with van der Waals surface area (Å²) < 4.78 is 6.31. The van der Waals surface area contributed by atoms with Crippen LogP contribution in [0, 0.1) is 5.41 Å². The van der Waals surface area contributed by atoms with Gasteiger partial charge in [0.25, 0.3) is 0 Å². The molecule has 1 heterocycles. The van der Waals surface area contributed by atoms with E-state index in [1.807, 2.05) is 48.5 Å². The van der Waals surface area contributed by atoms with Gasteiger partial charge < -0.3 is 4.42 Å². The van der Waals surface area contributed by atoms with Crippen LogP contribution in [0.5, 0.6) is 0 Å². The Bertz CT molecular complexity index is 2320. The van der Waals surface area contributed by atoms with Crippen molar-refractivity contribution in [1.82, 2.24) is 0 Å². The second kappa shape index (κ2) is 11.3. The molecule has 0 aliphatic carbocycles. The van der Waals surface area contributed by atoms with Gasteiger partial charge in [0.15, 0.2) is 0 Å². The number of hydrogen-bond acceptors (Lipinski definition) is 2. The fourth-order valence-corrected chi connectivity index (χ4v) is 6.30. The molecule has 1 N–H and O–H groups in total. The van der Waals surface area contributed by atoms with Gasteiger partial charge in [0.1, 0.15) is 11.2 Å². The molecule has 0 saturated carbocycles. The number of nitrogens with one attached hydrogen (secondary N) is 1. The molecule has 0 aliphatic heterocycles. The molecule has 0 saturated heterocycles. The lowest BCUT2D eigenvalue weighted by Gasteiger charge is -2.14. The predicted molar refractivity (Wildman–Crippen MR) is 188 cm³/mol. The highest BCUT2D eigenvalue weighted by Crippen LogP contribution is 2.40. The third-order valence-corrected chi connectivity index (χ3v) is 8.55. The zero-order chi connectivity index (χ0) is 30.2. The van der Waals surface area contributed by atoms with E-state index in [0.29, 0.717) is 5.71 Å². The fraction of sp³-hybridized carbons (Fsp3) is 0. The first-order valence-corrected chi connectivity index (χ1v) is 15.2. The Kier molecular flexibility index (Phi) is 6.66. The lowest BCUT2D eigenvalue weighted by Crippen LogP contribution is -2.01. The van der Waals surface area contributed by atoms with Crippen LogP contribution in [-0.4, -0.2) is 5.71 Å². The Hall–Kier alpha value is -5.99. The molecule has 0 spiro atoms. The number of rotatable bonds is 6. The molecule has 0 fully saturated rings. The van der Waals surface area contributed by atoms with E-state index >= 15 is 0 Å². The second-order valence-corrected chi connectivity index (χ2v) is 11.3. The highest BCUT2D eigenvalue weighted by Gasteiger charge is 2.17. The second-order valence-electron chi connectivity index (χ2n) is 11.3. The Labute approximate surface area is 262 Å². The van der Waals surface area contributed by atoms with E-state index < -0.39 is 0 Å². The van der Waals surface area contributed by atoms with Crippen LogP contribution >= 0.6 is 0 Å². The van der Waals surface area contributed by atoms with Crippen molar-refractivity contribution in [3.05, 3.63) is 181 Å². The van der Waals surface area contributed by atoms with Crippen molar-refractivity contribution in [2.75, 3.05) is 0 Å².